The third-order valence-electron chi connectivity index (χ3n) is 2.14. The van der Waals surface area contributed by atoms with Crippen LogP contribution in [0.1, 0.15) is 11.3 Å². The Morgan fingerprint density at radius 2 is 2.20 bits per heavy atom. The van der Waals surface area contributed by atoms with E-state index >= 15 is 0 Å². The molecule has 0 bridgehead atoms. The van der Waals surface area contributed by atoms with Crippen molar-refractivity contribution in [1.82, 2.24) is 9.78 Å². The molecule has 1 heterocycles. The van der Waals surface area contributed by atoms with Crippen molar-refractivity contribution in [3.05, 3.63) is 46.7 Å². The normalized spacial score (nSPS) is 10.6. The van der Waals surface area contributed by atoms with Gasteiger partial charge in [-0.2, -0.15) is 5.10 Å². The summed E-state index contributed by atoms with van der Waals surface area (Å²) in [7, 11) is 0. The first kappa shape index (κ1) is 10.7. The van der Waals surface area contributed by atoms with Gasteiger partial charge < -0.3 is 0 Å². The van der Waals surface area contributed by atoms with Crippen molar-refractivity contribution >= 4 is 27.5 Å². The lowest BCUT2D eigenvalue weighted by atomic mass is 10.2. The van der Waals surface area contributed by atoms with Crippen molar-refractivity contribution in [2.24, 2.45) is 0 Å². The van der Waals surface area contributed by atoms with Gasteiger partial charge >= 0.3 is 0 Å². The fourth-order valence-corrected chi connectivity index (χ4v) is 2.01. The number of aromatic nitrogens is 2. The zero-order valence-electron chi connectivity index (χ0n) is 8.24. The summed E-state index contributed by atoms with van der Waals surface area (Å²) in [5, 5.41) is 5.85. The van der Waals surface area contributed by atoms with Crippen molar-refractivity contribution in [1.29, 1.82) is 0 Å². The SMILES string of the molecule is Cc1ccn(-c2ccc(CBr)cc2Cl)n1. The Kier molecular flexibility index (Phi) is 3.12. The number of aryl methyl sites for hydroxylation is 1. The first-order valence-corrected chi connectivity index (χ1v) is 6.07. The Bertz CT molecular complexity index is 479. The topological polar surface area (TPSA) is 17.8 Å². The van der Waals surface area contributed by atoms with Crippen molar-refractivity contribution in [2.75, 3.05) is 0 Å². The summed E-state index contributed by atoms with van der Waals surface area (Å²) in [6.07, 6.45) is 1.91. The quantitative estimate of drug-likeness (QED) is 0.769. The summed E-state index contributed by atoms with van der Waals surface area (Å²) < 4.78 is 1.79. The van der Waals surface area contributed by atoms with Gasteiger partial charge in [0.2, 0.25) is 0 Å². The highest BCUT2D eigenvalue weighted by Gasteiger charge is 2.04. The molecule has 0 amide bonds. The van der Waals surface area contributed by atoms with Crippen molar-refractivity contribution in [2.45, 2.75) is 12.3 Å². The molecule has 2 nitrogen and oxygen atoms in total. The molecule has 0 fully saturated rings. The molecular weight excluding hydrogens is 275 g/mol. The highest BCUT2D eigenvalue weighted by molar-refractivity contribution is 9.08. The summed E-state index contributed by atoms with van der Waals surface area (Å²) in [5.74, 6) is 0. The highest BCUT2D eigenvalue weighted by Crippen LogP contribution is 2.22. The van der Waals surface area contributed by atoms with Crippen molar-refractivity contribution < 1.29 is 0 Å². The molecule has 1 aromatic heterocycles. The predicted octanol–water partition coefficient (Wildman–Crippen LogP) is 3.73. The van der Waals surface area contributed by atoms with Crippen LogP contribution in [-0.2, 0) is 5.33 Å². The first-order chi connectivity index (χ1) is 7.20. The van der Waals surface area contributed by atoms with Crippen LogP contribution in [0.4, 0.5) is 0 Å². The number of benzene rings is 1. The van der Waals surface area contributed by atoms with E-state index in [0.717, 1.165) is 27.3 Å². The van der Waals surface area contributed by atoms with Gasteiger partial charge in [-0.3, -0.25) is 0 Å². The monoisotopic (exact) mass is 284 g/mol. The Balaban J connectivity index is 2.45. The summed E-state index contributed by atoms with van der Waals surface area (Å²) in [6, 6.07) is 7.91. The maximum absolute atomic E-state index is 6.17. The van der Waals surface area contributed by atoms with Crippen LogP contribution in [0.3, 0.4) is 0 Å². The maximum atomic E-state index is 6.17. The highest BCUT2D eigenvalue weighted by atomic mass is 79.9. The van der Waals surface area contributed by atoms with E-state index in [4.69, 9.17) is 11.6 Å². The third kappa shape index (κ3) is 2.24. The molecule has 2 rings (SSSR count). The Morgan fingerprint density at radius 3 is 2.73 bits per heavy atom. The summed E-state index contributed by atoms with van der Waals surface area (Å²) in [5.41, 5.74) is 3.05. The van der Waals surface area contributed by atoms with E-state index in [0.29, 0.717) is 0 Å². The average molecular weight is 286 g/mol. The Morgan fingerprint density at radius 1 is 1.40 bits per heavy atom. The smallest absolute Gasteiger partial charge is 0.0832 e. The van der Waals surface area contributed by atoms with Crippen LogP contribution in [0.25, 0.3) is 5.69 Å². The fraction of sp³-hybridized carbons (Fsp3) is 0.182. The van der Waals surface area contributed by atoms with Crippen LogP contribution in [0.2, 0.25) is 5.02 Å². The van der Waals surface area contributed by atoms with Crippen molar-refractivity contribution in [3.63, 3.8) is 0 Å². The zero-order valence-corrected chi connectivity index (χ0v) is 10.6. The van der Waals surface area contributed by atoms with E-state index in [1.165, 1.54) is 0 Å². The van der Waals surface area contributed by atoms with E-state index in [9.17, 15) is 0 Å². The van der Waals surface area contributed by atoms with Crippen molar-refractivity contribution in [3.8, 4) is 5.69 Å². The van der Waals surface area contributed by atoms with Crippen LogP contribution in [0.15, 0.2) is 30.5 Å². The molecule has 0 unspecified atom stereocenters. The number of hydrogen-bond donors (Lipinski definition) is 0. The van der Waals surface area contributed by atoms with Gasteiger partial charge in [0, 0.05) is 11.5 Å². The standard InChI is InChI=1S/C11H10BrClN2/c1-8-4-5-15(14-8)11-3-2-9(7-12)6-10(11)13/h2-6H,7H2,1H3. The minimum atomic E-state index is 0.718. The maximum Gasteiger partial charge on any atom is 0.0832 e. The lowest BCUT2D eigenvalue weighted by Gasteiger charge is -2.05. The molecule has 0 saturated carbocycles. The van der Waals surface area contributed by atoms with Crippen LogP contribution < -0.4 is 0 Å². The van der Waals surface area contributed by atoms with Gasteiger partial charge in [-0.05, 0) is 30.7 Å². The van der Waals surface area contributed by atoms with E-state index in [2.05, 4.69) is 21.0 Å². The zero-order chi connectivity index (χ0) is 10.8. The first-order valence-electron chi connectivity index (χ1n) is 4.58. The summed E-state index contributed by atoms with van der Waals surface area (Å²) in [6.45, 7) is 1.96. The van der Waals surface area contributed by atoms with Crippen LogP contribution in [0.5, 0.6) is 0 Å². The second-order valence-corrected chi connectivity index (χ2v) is 4.29. The number of alkyl halides is 1. The molecule has 0 spiro atoms. The predicted molar refractivity (Wildman–Crippen MR) is 65.9 cm³/mol. The average Bonchev–Trinajstić information content (AvgIpc) is 2.64. The summed E-state index contributed by atoms with van der Waals surface area (Å²) in [4.78, 5) is 0. The van der Waals surface area contributed by atoms with Gasteiger partial charge in [0.05, 0.1) is 16.4 Å². The molecule has 1 aromatic carbocycles. The second kappa shape index (κ2) is 4.37. The number of hydrogen-bond acceptors (Lipinski definition) is 1. The molecule has 0 aliphatic heterocycles. The molecule has 0 aliphatic carbocycles. The lowest BCUT2D eigenvalue weighted by Crippen LogP contribution is -1.96. The van der Waals surface area contributed by atoms with Crippen LogP contribution in [0, 0.1) is 6.92 Å². The van der Waals surface area contributed by atoms with E-state index < -0.39 is 0 Å². The van der Waals surface area contributed by atoms with E-state index in [-0.39, 0.29) is 0 Å². The molecule has 15 heavy (non-hydrogen) atoms. The van der Waals surface area contributed by atoms with Gasteiger partial charge in [-0.25, -0.2) is 4.68 Å². The molecule has 78 valence electrons. The van der Waals surface area contributed by atoms with Crippen LogP contribution >= 0.6 is 27.5 Å². The largest absolute Gasteiger partial charge is 0.239 e. The molecule has 0 atom stereocenters. The number of halogens is 2. The Hall–Kier alpha value is -0.800. The van der Waals surface area contributed by atoms with Gasteiger partial charge in [-0.1, -0.05) is 33.6 Å². The third-order valence-corrected chi connectivity index (χ3v) is 3.09. The summed E-state index contributed by atoms with van der Waals surface area (Å²) >= 11 is 9.57. The minimum absolute atomic E-state index is 0.718. The van der Waals surface area contributed by atoms with Gasteiger partial charge in [0.1, 0.15) is 0 Å². The molecular formula is C11H10BrClN2. The molecule has 0 saturated heterocycles. The van der Waals surface area contributed by atoms with Gasteiger partial charge in [0.15, 0.2) is 0 Å². The molecule has 0 N–H and O–H groups in total. The fourth-order valence-electron chi connectivity index (χ4n) is 1.37. The lowest BCUT2D eigenvalue weighted by molar-refractivity contribution is 0.862. The Labute approximate surface area is 102 Å². The molecule has 0 aliphatic rings. The molecule has 0 radical (unpaired) electrons. The molecule has 2 aromatic rings. The minimum Gasteiger partial charge on any atom is -0.239 e. The number of nitrogens with zero attached hydrogens (tertiary/aromatic N) is 2. The molecule has 4 heteroatoms. The van der Waals surface area contributed by atoms with Crippen LogP contribution in [-0.4, -0.2) is 9.78 Å². The van der Waals surface area contributed by atoms with Gasteiger partial charge in [0.25, 0.3) is 0 Å². The second-order valence-electron chi connectivity index (χ2n) is 3.32. The number of rotatable bonds is 2. The van der Waals surface area contributed by atoms with E-state index in [1.54, 1.807) is 4.68 Å². The van der Waals surface area contributed by atoms with Gasteiger partial charge in [-0.15, -0.1) is 0 Å². The van der Waals surface area contributed by atoms with E-state index in [1.807, 2.05) is 37.4 Å².